The van der Waals surface area contributed by atoms with E-state index in [1.54, 1.807) is 130 Å². The number of methoxy groups -OCH3 is 5. The number of nitrogens with two attached hydrogens (primary N) is 1. The fourth-order valence-corrected chi connectivity index (χ4v) is 19.6. The lowest BCUT2D eigenvalue weighted by molar-refractivity contribution is -0.389. The molecule has 18 rings (SSSR count). The molecular formula is C93H139BBr3N27O15S. The SMILES string of the molecule is C.C.C.C.C.C.C.COCCN1CCn2nc(N)cc2C1.COCCN1CCn2nc(Nc3cc(-c4ccnc(-n5ncc6c7c(sc6c5=O)CC(C)(C)C7)c4C=O)cn(C)c3=O)cc2C1.COCCN1CCn2nc(Nc3cc(B(O)O)cn(C)c3=O)cc2C1.COCCN1CCn2nc(Nc3cc(Br)cn(C)c3=O)cc2C1.COCCN1CCn2nc([N+](=O)[O-])cc2C1.Cn1cc(Br)cc(Br)c1=O. The maximum atomic E-state index is 13.7. The minimum absolute atomic E-state index is 0. The maximum absolute atomic E-state index is 13.7. The molecule has 0 atom stereocenters. The van der Waals surface area contributed by atoms with Crippen LogP contribution >= 0.6 is 59.1 Å². The van der Waals surface area contributed by atoms with Crippen LogP contribution in [0.1, 0.15) is 115 Å². The molecule has 0 bridgehead atoms. The number of aryl methyl sites for hydroxylation is 4. The summed E-state index contributed by atoms with van der Waals surface area (Å²) in [4.78, 5) is 102. The molecule has 12 aromatic rings. The second-order valence-electron chi connectivity index (χ2n) is 33.5. The summed E-state index contributed by atoms with van der Waals surface area (Å²) in [6.07, 6.45) is 12.3. The van der Waals surface area contributed by atoms with Crippen molar-refractivity contribution in [3.8, 4) is 16.9 Å². The first-order valence-corrected chi connectivity index (χ1v) is 46.2. The Kier molecular flexibility index (Phi) is 45.3. The molecule has 766 valence electrons. The molecule has 0 saturated carbocycles. The van der Waals surface area contributed by atoms with Gasteiger partial charge in [-0.3, -0.25) is 72.0 Å². The molecule has 0 amide bonds. The molecule has 0 saturated heterocycles. The van der Waals surface area contributed by atoms with E-state index in [2.05, 4.69) is 138 Å². The number of nitro groups is 1. The number of anilines is 7. The van der Waals surface area contributed by atoms with E-state index in [1.807, 2.05) is 43.0 Å². The van der Waals surface area contributed by atoms with Crippen molar-refractivity contribution in [2.75, 3.05) is 156 Å². The average Bonchev–Trinajstić information content (AvgIpc) is 1.57. The number of aldehydes is 1. The number of nitrogen functional groups attached to an aromatic ring is 1. The lowest BCUT2D eigenvalue weighted by atomic mass is 9.81. The Bertz CT molecular complexity index is 6410. The number of carbonyl (C=O) groups excluding carboxylic acids is 1. The fraction of sp³-hybridized carbons (Fsp3) is 0.495. The second-order valence-corrected chi connectivity index (χ2v) is 37.3. The lowest BCUT2D eigenvalue weighted by Crippen LogP contribution is -2.35. The molecule has 0 fully saturated rings. The fourth-order valence-electron chi connectivity index (χ4n) is 16.2. The number of rotatable bonds is 26. The van der Waals surface area contributed by atoms with Crippen LogP contribution in [-0.2, 0) is 130 Å². The van der Waals surface area contributed by atoms with Crippen LogP contribution in [-0.4, -0.2) is 269 Å². The van der Waals surface area contributed by atoms with Gasteiger partial charge in [0.25, 0.3) is 27.8 Å². The van der Waals surface area contributed by atoms with Crippen molar-refractivity contribution < 1.29 is 43.5 Å². The number of nitrogens with one attached hydrogen (secondary N) is 3. The summed E-state index contributed by atoms with van der Waals surface area (Å²) in [6, 6.07) is 17.7. The molecule has 0 radical (unpaired) electrons. The van der Waals surface area contributed by atoms with Gasteiger partial charge in [0, 0.05) is 247 Å². The zero-order valence-corrected chi connectivity index (χ0v) is 81.7. The molecule has 140 heavy (non-hydrogen) atoms. The Morgan fingerprint density at radius 3 is 1.33 bits per heavy atom. The minimum atomic E-state index is -1.64. The van der Waals surface area contributed by atoms with Crippen LogP contribution in [0.25, 0.3) is 27.0 Å². The van der Waals surface area contributed by atoms with E-state index < -0.39 is 12.0 Å². The largest absolute Gasteiger partial charge is 0.490 e. The molecule has 12 aromatic heterocycles. The monoisotopic (exact) mass is 2150 g/mol. The van der Waals surface area contributed by atoms with E-state index in [-0.39, 0.29) is 114 Å². The van der Waals surface area contributed by atoms with Gasteiger partial charge in [-0.05, 0) is 112 Å². The summed E-state index contributed by atoms with van der Waals surface area (Å²) in [5, 5.41) is 65.7. The summed E-state index contributed by atoms with van der Waals surface area (Å²) in [5.41, 5.74) is 14.0. The molecule has 0 unspecified atom stereocenters. The molecule has 47 heteroatoms. The van der Waals surface area contributed by atoms with Crippen LogP contribution in [0.15, 0.2) is 135 Å². The Labute approximate surface area is 846 Å². The van der Waals surface area contributed by atoms with Gasteiger partial charge in [0.05, 0.1) is 122 Å². The van der Waals surface area contributed by atoms with Crippen LogP contribution in [0.3, 0.4) is 0 Å². The van der Waals surface area contributed by atoms with Gasteiger partial charge in [-0.1, -0.05) is 65.8 Å². The number of halogens is 3. The first-order chi connectivity index (χ1) is 63.8. The number of aromatic nitrogens is 17. The molecule has 0 spiro atoms. The van der Waals surface area contributed by atoms with E-state index in [4.69, 9.17) is 29.4 Å². The first kappa shape index (κ1) is 118. The van der Waals surface area contributed by atoms with Gasteiger partial charge in [-0.15, -0.1) is 11.3 Å². The van der Waals surface area contributed by atoms with Crippen molar-refractivity contribution in [2.24, 2.45) is 33.6 Å². The normalized spacial score (nSPS) is 14.3. The van der Waals surface area contributed by atoms with Gasteiger partial charge in [0.2, 0.25) is 0 Å². The number of thiophene rings is 1. The van der Waals surface area contributed by atoms with Crippen molar-refractivity contribution >= 4 is 134 Å². The highest BCUT2D eigenvalue weighted by Gasteiger charge is 2.34. The zero-order chi connectivity index (χ0) is 95.1. The molecule has 1 aliphatic carbocycles. The third kappa shape index (κ3) is 29.7. The summed E-state index contributed by atoms with van der Waals surface area (Å²) in [7, 11) is 13.5. The Hall–Kier alpha value is -10.9. The quantitative estimate of drug-likeness (QED) is 0.0127. The van der Waals surface area contributed by atoms with E-state index in [0.29, 0.717) is 94.1 Å². The summed E-state index contributed by atoms with van der Waals surface area (Å²) >= 11 is 11.3. The molecular weight excluding hydrogens is 2020 g/mol. The predicted octanol–water partition coefficient (Wildman–Crippen LogP) is 10.1. The van der Waals surface area contributed by atoms with Crippen LogP contribution in [0.5, 0.6) is 0 Å². The van der Waals surface area contributed by atoms with E-state index in [9.17, 15) is 48.9 Å². The van der Waals surface area contributed by atoms with Gasteiger partial charge in [-0.2, -0.15) is 34.9 Å². The van der Waals surface area contributed by atoms with Crippen LogP contribution in [0.4, 0.5) is 46.2 Å². The molecule has 5 aliphatic heterocycles. The second kappa shape index (κ2) is 53.8. The number of hydrogen-bond donors (Lipinski definition) is 6. The van der Waals surface area contributed by atoms with Crippen molar-refractivity contribution in [3.05, 3.63) is 218 Å². The number of carbonyl (C=O) groups is 1. The Morgan fingerprint density at radius 2 is 0.900 bits per heavy atom. The van der Waals surface area contributed by atoms with Crippen molar-refractivity contribution in [3.63, 3.8) is 0 Å². The topological polar surface area (TPSA) is 450 Å². The Balaban J connectivity index is 0.000000273. The van der Waals surface area contributed by atoms with Gasteiger partial charge >= 0.3 is 12.9 Å². The van der Waals surface area contributed by atoms with E-state index >= 15 is 0 Å². The molecule has 6 aliphatic rings. The third-order valence-electron chi connectivity index (χ3n) is 23.1. The molecule has 42 nitrogen and oxygen atoms in total. The van der Waals surface area contributed by atoms with Crippen molar-refractivity contribution in [1.82, 2.24) is 106 Å². The van der Waals surface area contributed by atoms with Gasteiger partial charge in [0.15, 0.2) is 29.6 Å². The third-order valence-corrected chi connectivity index (χ3v) is 25.8. The number of hydrogen-bond acceptors (Lipinski definition) is 32. The minimum Gasteiger partial charge on any atom is -0.423 e. The highest BCUT2D eigenvalue weighted by Crippen LogP contribution is 2.44. The summed E-state index contributed by atoms with van der Waals surface area (Å²) in [5.74, 6) is 2.52. The van der Waals surface area contributed by atoms with Gasteiger partial charge in [-0.25, -0.2) is 4.98 Å². The summed E-state index contributed by atoms with van der Waals surface area (Å²) < 4.78 is 45.0. The van der Waals surface area contributed by atoms with Crippen LogP contribution in [0, 0.1) is 15.5 Å². The van der Waals surface area contributed by atoms with Gasteiger partial charge < -0.3 is 83.8 Å². The molecule has 0 aromatic carbocycles. The van der Waals surface area contributed by atoms with E-state index in [1.165, 1.54) is 62.7 Å². The highest BCUT2D eigenvalue weighted by molar-refractivity contribution is 9.11. The standard InChI is InChI=1S/C32H34N8O4S.C15H22BN5O4.C15H20BrN5O2.C9H14N4O3.C9H16N4O.C6H5Br2NO.7CH4/c1-32(2)13-22-23-15-34-40(31(43)28(23)45-26(22)14-32)29-24(18-41)21(5-6-33-29)19-11-25(30(42)37(3)16-19)35-27-12-20-17-38(9-10-44-4)7-8-39(20)36-27;1-19-9-11(16(23)24)7-13(15(19)22)17-14-8-12-10-20(5-6-25-2)3-4-21(12)18-14;1-19-9-11(16)7-13(15(19)22)17-14-8-12-10-20(5-6-23-2)3-4-21(12)18-14;1-16-5-4-11-2-3-12-8(7-11)6-9(10-12)13(14)15;1-14-5-4-12-2-3-13-8(7-12)6-9(10)11-13;1-9-3-4(7)2-5(8)6(9)10;;;;;;;/h5-6,11-12,15-16,18H,7-10,13-14,17H2,1-4H3,(H,35,36);7-9,23-24H,3-6,10H2,1-2H3,(H,17,18);7-9H,3-6,10H2,1-2H3,(H,17,18);6H,2-5,7H2,1H3;6H,2-5,7H2,1H3,(H2,10,11);2-3H,1H3;7*1H4. The first-order valence-electron chi connectivity index (χ1n) is 43.0. The van der Waals surface area contributed by atoms with Crippen LogP contribution in [0.2, 0.25) is 0 Å². The number of pyridine rings is 5. The van der Waals surface area contributed by atoms with Gasteiger partial charge in [0.1, 0.15) is 27.6 Å². The number of fused-ring (bicyclic) bond motifs is 8. The van der Waals surface area contributed by atoms with Crippen molar-refractivity contribution in [1.29, 1.82) is 0 Å². The number of nitrogens with zero attached hydrogens (tertiary/aromatic N) is 23. The zero-order valence-electron chi connectivity index (χ0n) is 76.1. The lowest BCUT2D eigenvalue weighted by Gasteiger charge is -2.26. The average molecular weight is 2160 g/mol. The van der Waals surface area contributed by atoms with Crippen LogP contribution < -0.4 is 54.9 Å². The highest BCUT2D eigenvalue weighted by atomic mass is 79.9. The molecule has 17 heterocycles. The summed E-state index contributed by atoms with van der Waals surface area (Å²) in [6.45, 7) is 25.0. The van der Waals surface area contributed by atoms with E-state index in [0.717, 1.165) is 181 Å². The maximum Gasteiger partial charge on any atom is 0.490 e. The van der Waals surface area contributed by atoms with Crippen molar-refractivity contribution in [2.45, 2.75) is 144 Å². The Morgan fingerprint density at radius 1 is 0.507 bits per heavy atom. The number of ether oxygens (including phenoxy) is 5. The smallest absolute Gasteiger partial charge is 0.423 e. The predicted molar refractivity (Wildman–Crippen MR) is 563 cm³/mol. The molecule has 7 N–H and O–H groups in total.